The first kappa shape index (κ1) is 13.1. The highest BCUT2D eigenvalue weighted by Gasteiger charge is 2.21. The molecule has 1 amide bonds. The number of hydrogen-bond donors (Lipinski definition) is 1. The zero-order valence-corrected chi connectivity index (χ0v) is 11.5. The normalized spacial score (nSPS) is 18.2. The summed E-state index contributed by atoms with van der Waals surface area (Å²) in [7, 11) is 2.15. The van der Waals surface area contributed by atoms with Crippen LogP contribution in [0.1, 0.15) is 43.2 Å². The van der Waals surface area contributed by atoms with E-state index in [2.05, 4.69) is 21.8 Å². The first-order chi connectivity index (χ1) is 8.58. The van der Waals surface area contributed by atoms with E-state index in [0.29, 0.717) is 6.04 Å². The van der Waals surface area contributed by atoms with Crippen molar-refractivity contribution in [1.82, 2.24) is 14.8 Å². The standard InChI is InChI=1S/C14H23N3O/c1-11(2)15-14(18)13-5-4-8-17(13)12-6-9-16(3)10-7-12/h4-5,8,11-12H,6-7,9-10H2,1-3H3,(H,15,18). The van der Waals surface area contributed by atoms with Gasteiger partial charge in [-0.2, -0.15) is 0 Å². The number of nitrogens with one attached hydrogen (secondary N) is 1. The van der Waals surface area contributed by atoms with Gasteiger partial charge in [-0.3, -0.25) is 4.79 Å². The van der Waals surface area contributed by atoms with Crippen LogP contribution in [0, 0.1) is 0 Å². The maximum Gasteiger partial charge on any atom is 0.268 e. The molecule has 18 heavy (non-hydrogen) atoms. The Morgan fingerprint density at radius 1 is 1.39 bits per heavy atom. The second-order valence-corrected chi connectivity index (χ2v) is 5.46. The van der Waals surface area contributed by atoms with Crippen LogP contribution in [0.4, 0.5) is 0 Å². The van der Waals surface area contributed by atoms with Gasteiger partial charge < -0.3 is 14.8 Å². The van der Waals surface area contributed by atoms with Crippen LogP contribution in [-0.2, 0) is 0 Å². The minimum Gasteiger partial charge on any atom is -0.349 e. The van der Waals surface area contributed by atoms with E-state index in [0.717, 1.165) is 31.6 Å². The van der Waals surface area contributed by atoms with Gasteiger partial charge in [0.05, 0.1) is 0 Å². The molecule has 0 unspecified atom stereocenters. The average Bonchev–Trinajstić information content (AvgIpc) is 2.78. The molecule has 100 valence electrons. The molecule has 1 saturated heterocycles. The number of carbonyl (C=O) groups excluding carboxylic acids is 1. The molecule has 1 aliphatic rings. The van der Waals surface area contributed by atoms with Crippen LogP contribution < -0.4 is 5.32 Å². The monoisotopic (exact) mass is 249 g/mol. The van der Waals surface area contributed by atoms with Crippen molar-refractivity contribution in [2.24, 2.45) is 0 Å². The van der Waals surface area contributed by atoms with Gasteiger partial charge in [-0.25, -0.2) is 0 Å². The van der Waals surface area contributed by atoms with Crippen LogP contribution in [-0.4, -0.2) is 41.6 Å². The first-order valence-electron chi connectivity index (χ1n) is 6.74. The molecule has 0 spiro atoms. The minimum atomic E-state index is 0.0360. The van der Waals surface area contributed by atoms with E-state index in [1.807, 2.05) is 32.2 Å². The lowest BCUT2D eigenvalue weighted by molar-refractivity contribution is 0.0928. The molecule has 2 rings (SSSR count). The Bertz CT molecular complexity index is 403. The molecule has 0 aromatic carbocycles. The van der Waals surface area contributed by atoms with Gasteiger partial charge in [0.1, 0.15) is 5.69 Å². The number of rotatable bonds is 3. The fraction of sp³-hybridized carbons (Fsp3) is 0.643. The van der Waals surface area contributed by atoms with Crippen LogP contribution >= 0.6 is 0 Å². The summed E-state index contributed by atoms with van der Waals surface area (Å²) in [6, 6.07) is 4.52. The molecule has 0 saturated carbocycles. The van der Waals surface area contributed by atoms with Crippen LogP contribution in [0.25, 0.3) is 0 Å². The third-order valence-electron chi connectivity index (χ3n) is 3.51. The molecular weight excluding hydrogens is 226 g/mol. The largest absolute Gasteiger partial charge is 0.349 e. The predicted octanol–water partition coefficient (Wildman–Crippen LogP) is 1.89. The Labute approximate surface area is 109 Å². The smallest absolute Gasteiger partial charge is 0.268 e. The predicted molar refractivity (Wildman–Crippen MR) is 72.8 cm³/mol. The number of nitrogens with zero attached hydrogens (tertiary/aromatic N) is 2. The number of hydrogen-bond acceptors (Lipinski definition) is 2. The topological polar surface area (TPSA) is 37.3 Å². The molecule has 0 aliphatic carbocycles. The fourth-order valence-electron chi connectivity index (χ4n) is 2.51. The number of aromatic nitrogens is 1. The summed E-state index contributed by atoms with van der Waals surface area (Å²) in [5.74, 6) is 0.0360. The van der Waals surface area contributed by atoms with Crippen LogP contribution in [0.3, 0.4) is 0 Å². The van der Waals surface area contributed by atoms with Gasteiger partial charge in [0.2, 0.25) is 0 Å². The van der Waals surface area contributed by atoms with Gasteiger partial charge in [-0.15, -0.1) is 0 Å². The lowest BCUT2D eigenvalue weighted by Gasteiger charge is -2.31. The molecule has 2 heterocycles. The summed E-state index contributed by atoms with van der Waals surface area (Å²) in [5.41, 5.74) is 0.790. The Morgan fingerprint density at radius 2 is 2.06 bits per heavy atom. The lowest BCUT2D eigenvalue weighted by Crippen LogP contribution is -2.35. The van der Waals surface area contributed by atoms with Gasteiger partial charge in [-0.1, -0.05) is 0 Å². The fourth-order valence-corrected chi connectivity index (χ4v) is 2.51. The van der Waals surface area contributed by atoms with Crippen LogP contribution in [0.2, 0.25) is 0 Å². The third kappa shape index (κ3) is 2.93. The van der Waals surface area contributed by atoms with E-state index >= 15 is 0 Å². The highest BCUT2D eigenvalue weighted by molar-refractivity contribution is 5.92. The Kier molecular flexibility index (Phi) is 4.07. The van der Waals surface area contributed by atoms with Crippen molar-refractivity contribution in [3.8, 4) is 0 Å². The zero-order chi connectivity index (χ0) is 13.1. The molecule has 1 aliphatic heterocycles. The van der Waals surface area contributed by atoms with Crippen molar-refractivity contribution < 1.29 is 4.79 Å². The van der Waals surface area contributed by atoms with Crippen molar-refractivity contribution in [2.45, 2.75) is 38.8 Å². The molecule has 1 fully saturated rings. The molecule has 0 radical (unpaired) electrons. The van der Waals surface area contributed by atoms with Crippen LogP contribution in [0.5, 0.6) is 0 Å². The number of amides is 1. The number of likely N-dealkylation sites (tertiary alicyclic amines) is 1. The van der Waals surface area contributed by atoms with Crippen molar-refractivity contribution in [1.29, 1.82) is 0 Å². The van der Waals surface area contributed by atoms with Gasteiger partial charge in [0.15, 0.2) is 0 Å². The summed E-state index contributed by atoms with van der Waals surface area (Å²) in [5, 5.41) is 2.96. The molecule has 1 N–H and O–H groups in total. The highest BCUT2D eigenvalue weighted by atomic mass is 16.2. The Balaban J connectivity index is 2.10. The molecule has 4 nitrogen and oxygen atoms in total. The molecule has 1 aromatic rings. The lowest BCUT2D eigenvalue weighted by atomic mass is 10.1. The van der Waals surface area contributed by atoms with Crippen LogP contribution in [0.15, 0.2) is 18.3 Å². The number of piperidine rings is 1. The highest BCUT2D eigenvalue weighted by Crippen LogP contribution is 2.23. The van der Waals surface area contributed by atoms with E-state index in [4.69, 9.17) is 0 Å². The van der Waals surface area contributed by atoms with E-state index in [1.54, 1.807) is 0 Å². The van der Waals surface area contributed by atoms with Crippen molar-refractivity contribution >= 4 is 5.91 Å². The molecule has 4 heteroatoms. The molecule has 1 aromatic heterocycles. The van der Waals surface area contributed by atoms with Crippen molar-refractivity contribution in [3.63, 3.8) is 0 Å². The van der Waals surface area contributed by atoms with Gasteiger partial charge in [0.25, 0.3) is 5.91 Å². The Morgan fingerprint density at radius 3 is 2.67 bits per heavy atom. The second kappa shape index (κ2) is 5.57. The van der Waals surface area contributed by atoms with Gasteiger partial charge in [-0.05, 0) is 59.0 Å². The molecule has 0 atom stereocenters. The zero-order valence-electron chi connectivity index (χ0n) is 11.5. The summed E-state index contributed by atoms with van der Waals surface area (Å²) in [6.45, 7) is 6.18. The maximum absolute atomic E-state index is 12.1. The third-order valence-corrected chi connectivity index (χ3v) is 3.51. The summed E-state index contributed by atoms with van der Waals surface area (Å²) in [4.78, 5) is 14.4. The van der Waals surface area contributed by atoms with Gasteiger partial charge in [0, 0.05) is 18.3 Å². The van der Waals surface area contributed by atoms with Gasteiger partial charge >= 0.3 is 0 Å². The quantitative estimate of drug-likeness (QED) is 0.888. The van der Waals surface area contributed by atoms with E-state index in [-0.39, 0.29) is 11.9 Å². The van der Waals surface area contributed by atoms with Crippen molar-refractivity contribution in [3.05, 3.63) is 24.0 Å². The average molecular weight is 249 g/mol. The summed E-state index contributed by atoms with van der Waals surface area (Å²) < 4.78 is 2.14. The molecule has 0 bridgehead atoms. The van der Waals surface area contributed by atoms with E-state index < -0.39 is 0 Å². The second-order valence-electron chi connectivity index (χ2n) is 5.46. The van der Waals surface area contributed by atoms with E-state index in [1.165, 1.54) is 0 Å². The Hall–Kier alpha value is -1.29. The number of carbonyl (C=O) groups is 1. The minimum absolute atomic E-state index is 0.0360. The van der Waals surface area contributed by atoms with E-state index in [9.17, 15) is 4.79 Å². The SMILES string of the molecule is CC(C)NC(=O)c1cccn1C1CCN(C)CC1. The summed E-state index contributed by atoms with van der Waals surface area (Å²) in [6.07, 6.45) is 4.27. The molecular formula is C14H23N3O. The first-order valence-corrected chi connectivity index (χ1v) is 6.74. The maximum atomic E-state index is 12.1. The van der Waals surface area contributed by atoms with Crippen molar-refractivity contribution in [2.75, 3.05) is 20.1 Å². The summed E-state index contributed by atoms with van der Waals surface area (Å²) >= 11 is 0.